The number of carbonyl (C=O) groups is 1. The van der Waals surface area contributed by atoms with Crippen molar-refractivity contribution in [3.05, 3.63) is 96.1 Å². The van der Waals surface area contributed by atoms with E-state index in [0.717, 1.165) is 11.1 Å². The summed E-state index contributed by atoms with van der Waals surface area (Å²) >= 11 is 0. The van der Waals surface area contributed by atoms with Crippen molar-refractivity contribution in [1.82, 2.24) is 9.55 Å². The zero-order valence-corrected chi connectivity index (χ0v) is 13.4. The second kappa shape index (κ2) is 7.42. The first-order chi connectivity index (χ1) is 11.8. The second-order valence-electron chi connectivity index (χ2n) is 5.35. The Balaban J connectivity index is 1.92. The van der Waals surface area contributed by atoms with Gasteiger partial charge in [-0.3, -0.25) is 0 Å². The third-order valence-corrected chi connectivity index (χ3v) is 3.80. The Morgan fingerprint density at radius 3 is 2.42 bits per heavy atom. The minimum absolute atomic E-state index is 0.0623. The number of ether oxygens (including phenoxy) is 1. The number of hydrogen-bond donors (Lipinski definition) is 0. The van der Waals surface area contributed by atoms with Gasteiger partial charge in [-0.1, -0.05) is 54.6 Å². The third kappa shape index (κ3) is 3.60. The van der Waals surface area contributed by atoms with E-state index < -0.39 is 0 Å². The van der Waals surface area contributed by atoms with Crippen LogP contribution in [0.25, 0.3) is 6.08 Å². The Kier molecular flexibility index (Phi) is 4.87. The van der Waals surface area contributed by atoms with Gasteiger partial charge in [-0.05, 0) is 22.8 Å². The predicted molar refractivity (Wildman–Crippen MR) is 93.4 cm³/mol. The highest BCUT2D eigenvalue weighted by atomic mass is 16.5. The lowest BCUT2D eigenvalue weighted by Gasteiger charge is -2.19. The van der Waals surface area contributed by atoms with Crippen molar-refractivity contribution in [2.75, 3.05) is 7.11 Å². The molecule has 0 aliphatic heterocycles. The van der Waals surface area contributed by atoms with Crippen LogP contribution in [0.5, 0.6) is 0 Å². The molecule has 0 aliphatic carbocycles. The summed E-state index contributed by atoms with van der Waals surface area (Å²) < 4.78 is 6.68. The lowest BCUT2D eigenvalue weighted by Crippen LogP contribution is -2.10. The first kappa shape index (κ1) is 15.7. The number of benzene rings is 2. The molecule has 0 saturated carbocycles. The molecule has 0 spiro atoms. The molecule has 2 aromatic carbocycles. The fourth-order valence-corrected chi connectivity index (χ4v) is 2.62. The Bertz CT molecular complexity index is 807. The van der Waals surface area contributed by atoms with Crippen molar-refractivity contribution < 1.29 is 9.53 Å². The van der Waals surface area contributed by atoms with Gasteiger partial charge in [0.1, 0.15) is 0 Å². The molecule has 24 heavy (non-hydrogen) atoms. The monoisotopic (exact) mass is 318 g/mol. The highest BCUT2D eigenvalue weighted by molar-refractivity contribution is 5.86. The number of imidazole rings is 1. The van der Waals surface area contributed by atoms with Gasteiger partial charge in [0.15, 0.2) is 0 Å². The number of carbonyl (C=O) groups excluding carboxylic acids is 1. The molecule has 0 saturated heterocycles. The van der Waals surface area contributed by atoms with E-state index in [2.05, 4.69) is 38.6 Å². The smallest absolute Gasteiger partial charge is 0.330 e. The van der Waals surface area contributed by atoms with Crippen LogP contribution in [0.4, 0.5) is 0 Å². The summed E-state index contributed by atoms with van der Waals surface area (Å²) in [5, 5.41) is 0. The molecule has 0 fully saturated rings. The molecular weight excluding hydrogens is 300 g/mol. The summed E-state index contributed by atoms with van der Waals surface area (Å²) in [6.45, 7) is 0. The van der Waals surface area contributed by atoms with Crippen LogP contribution < -0.4 is 0 Å². The van der Waals surface area contributed by atoms with Crippen LogP contribution in [0.2, 0.25) is 0 Å². The molecular formula is C20H18N2O2. The number of nitrogens with zero attached hydrogens (tertiary/aromatic N) is 2. The summed E-state index contributed by atoms with van der Waals surface area (Å²) in [6.07, 6.45) is 8.72. The number of esters is 1. The van der Waals surface area contributed by atoms with Gasteiger partial charge in [0, 0.05) is 18.5 Å². The van der Waals surface area contributed by atoms with Gasteiger partial charge in [0.2, 0.25) is 0 Å². The summed E-state index contributed by atoms with van der Waals surface area (Å²) in [5.41, 5.74) is 3.28. The maximum atomic E-state index is 11.2. The van der Waals surface area contributed by atoms with E-state index in [-0.39, 0.29) is 12.0 Å². The molecule has 120 valence electrons. The number of aromatic nitrogens is 2. The molecule has 3 aromatic rings. The molecule has 1 aromatic heterocycles. The largest absolute Gasteiger partial charge is 0.466 e. The van der Waals surface area contributed by atoms with E-state index in [1.54, 1.807) is 12.3 Å². The molecule has 1 unspecified atom stereocenters. The first-order valence-electron chi connectivity index (χ1n) is 7.66. The molecule has 0 bridgehead atoms. The highest BCUT2D eigenvalue weighted by Gasteiger charge is 2.15. The first-order valence-corrected chi connectivity index (χ1v) is 7.66. The average Bonchev–Trinajstić information content (AvgIpc) is 3.16. The van der Waals surface area contributed by atoms with Gasteiger partial charge in [0.25, 0.3) is 0 Å². The minimum Gasteiger partial charge on any atom is -0.466 e. The number of hydrogen-bond acceptors (Lipinski definition) is 3. The van der Waals surface area contributed by atoms with Crippen molar-refractivity contribution in [3.63, 3.8) is 0 Å². The standard InChI is InChI=1S/C20H18N2O2/c1-24-19(23)12-9-16-7-10-18(11-8-16)20(22-14-13-21-15-22)17-5-3-2-4-6-17/h2-15,20H,1H3/b12-9+. The zero-order chi connectivity index (χ0) is 16.8. The second-order valence-corrected chi connectivity index (χ2v) is 5.35. The molecule has 0 aliphatic rings. The minimum atomic E-state index is -0.361. The van der Waals surface area contributed by atoms with Gasteiger partial charge in [-0.15, -0.1) is 0 Å². The Morgan fingerprint density at radius 1 is 1.08 bits per heavy atom. The third-order valence-electron chi connectivity index (χ3n) is 3.80. The summed E-state index contributed by atoms with van der Waals surface area (Å²) in [7, 11) is 1.37. The fraction of sp³-hybridized carbons (Fsp3) is 0.100. The summed E-state index contributed by atoms with van der Waals surface area (Å²) in [4.78, 5) is 15.4. The maximum absolute atomic E-state index is 11.2. The van der Waals surface area contributed by atoms with Crippen molar-refractivity contribution >= 4 is 12.0 Å². The highest BCUT2D eigenvalue weighted by Crippen LogP contribution is 2.26. The molecule has 3 rings (SSSR count). The van der Waals surface area contributed by atoms with Gasteiger partial charge in [0.05, 0.1) is 19.5 Å². The summed E-state index contributed by atoms with van der Waals surface area (Å²) in [5.74, 6) is -0.361. The molecule has 4 nitrogen and oxygen atoms in total. The maximum Gasteiger partial charge on any atom is 0.330 e. The van der Waals surface area contributed by atoms with E-state index in [4.69, 9.17) is 0 Å². The van der Waals surface area contributed by atoms with Crippen LogP contribution in [0.1, 0.15) is 22.7 Å². The zero-order valence-electron chi connectivity index (χ0n) is 13.4. The molecule has 4 heteroatoms. The van der Waals surface area contributed by atoms with Crippen molar-refractivity contribution in [2.45, 2.75) is 6.04 Å². The topological polar surface area (TPSA) is 44.1 Å². The van der Waals surface area contributed by atoms with Crippen LogP contribution >= 0.6 is 0 Å². The summed E-state index contributed by atoms with van der Waals surface area (Å²) in [6, 6.07) is 18.5. The Labute approximate surface area is 141 Å². The van der Waals surface area contributed by atoms with Crippen molar-refractivity contribution in [3.8, 4) is 0 Å². The number of rotatable bonds is 5. The van der Waals surface area contributed by atoms with Crippen LogP contribution in [0.3, 0.4) is 0 Å². The predicted octanol–water partition coefficient (Wildman–Crippen LogP) is 3.71. The quantitative estimate of drug-likeness (QED) is 0.532. The van der Waals surface area contributed by atoms with Gasteiger partial charge >= 0.3 is 5.97 Å². The van der Waals surface area contributed by atoms with E-state index in [9.17, 15) is 4.79 Å². The van der Waals surface area contributed by atoms with E-state index in [1.165, 1.54) is 18.7 Å². The fourth-order valence-electron chi connectivity index (χ4n) is 2.62. The molecule has 1 heterocycles. The Hall–Kier alpha value is -3.14. The lowest BCUT2D eigenvalue weighted by molar-refractivity contribution is -0.134. The van der Waals surface area contributed by atoms with E-state index >= 15 is 0 Å². The van der Waals surface area contributed by atoms with Gasteiger partial charge < -0.3 is 9.30 Å². The Morgan fingerprint density at radius 2 is 1.79 bits per heavy atom. The van der Waals surface area contributed by atoms with Crippen LogP contribution in [0, 0.1) is 0 Å². The van der Waals surface area contributed by atoms with Crippen molar-refractivity contribution in [2.24, 2.45) is 0 Å². The van der Waals surface area contributed by atoms with Gasteiger partial charge in [-0.2, -0.15) is 0 Å². The van der Waals surface area contributed by atoms with Crippen LogP contribution in [0.15, 0.2) is 79.4 Å². The van der Waals surface area contributed by atoms with Crippen LogP contribution in [-0.4, -0.2) is 22.6 Å². The lowest BCUT2D eigenvalue weighted by atomic mass is 9.97. The normalized spacial score (nSPS) is 12.2. The molecule has 0 amide bonds. The van der Waals surface area contributed by atoms with Crippen LogP contribution in [-0.2, 0) is 9.53 Å². The van der Waals surface area contributed by atoms with E-state index in [0.29, 0.717) is 0 Å². The van der Waals surface area contributed by atoms with E-state index in [1.807, 2.05) is 42.9 Å². The van der Waals surface area contributed by atoms with Crippen molar-refractivity contribution in [1.29, 1.82) is 0 Å². The molecule has 0 N–H and O–H groups in total. The molecule has 0 radical (unpaired) electrons. The number of methoxy groups -OCH3 is 1. The molecule has 1 atom stereocenters. The average molecular weight is 318 g/mol. The SMILES string of the molecule is COC(=O)/C=C/c1ccc(C(c2ccccc2)n2ccnc2)cc1. The van der Waals surface area contributed by atoms with Gasteiger partial charge in [-0.25, -0.2) is 9.78 Å².